The molecule has 1 aromatic rings. The number of ether oxygens (including phenoxy) is 1. The lowest BCUT2D eigenvalue weighted by Gasteiger charge is -2.21. The van der Waals surface area contributed by atoms with Gasteiger partial charge in [0.05, 0.1) is 18.8 Å². The number of carbonyl (C=O) groups is 1. The number of hydrogen-bond donors (Lipinski definition) is 1. The van der Waals surface area contributed by atoms with Gasteiger partial charge < -0.3 is 10.5 Å². The maximum Gasteiger partial charge on any atom is 0.184 e. The molecule has 0 radical (unpaired) electrons. The molecule has 1 saturated carbocycles. The van der Waals surface area contributed by atoms with Crippen molar-refractivity contribution in [3.63, 3.8) is 0 Å². The predicted molar refractivity (Wildman–Crippen MR) is 60.5 cm³/mol. The van der Waals surface area contributed by atoms with E-state index in [0.717, 1.165) is 25.7 Å². The lowest BCUT2D eigenvalue weighted by molar-refractivity contribution is 0.0891. The van der Waals surface area contributed by atoms with Crippen molar-refractivity contribution in [3.8, 4) is 5.75 Å². The van der Waals surface area contributed by atoms with Crippen molar-refractivity contribution in [1.29, 1.82) is 0 Å². The summed E-state index contributed by atoms with van der Waals surface area (Å²) in [5, 5.41) is 0. The number of aromatic nitrogens is 1. The SMILES string of the molecule is COc1cncc(C(=O)C2(N)CCCC2)c1. The standard InChI is InChI=1S/C12H16N2O2/c1-16-10-6-9(7-14-8-10)11(15)12(13)4-2-3-5-12/h6-8H,2-5,13H2,1H3. The summed E-state index contributed by atoms with van der Waals surface area (Å²) < 4.78 is 5.05. The molecular weight excluding hydrogens is 204 g/mol. The molecule has 1 aromatic heterocycles. The van der Waals surface area contributed by atoms with Crippen LogP contribution < -0.4 is 10.5 Å². The highest BCUT2D eigenvalue weighted by Gasteiger charge is 2.37. The molecule has 2 N–H and O–H groups in total. The lowest BCUT2D eigenvalue weighted by Crippen LogP contribution is -2.45. The van der Waals surface area contributed by atoms with Gasteiger partial charge in [0.1, 0.15) is 5.75 Å². The molecule has 1 heterocycles. The van der Waals surface area contributed by atoms with Gasteiger partial charge in [-0.3, -0.25) is 9.78 Å². The van der Waals surface area contributed by atoms with Gasteiger partial charge in [-0.1, -0.05) is 12.8 Å². The lowest BCUT2D eigenvalue weighted by atomic mass is 9.89. The molecule has 1 aliphatic rings. The number of methoxy groups -OCH3 is 1. The van der Waals surface area contributed by atoms with E-state index in [2.05, 4.69) is 4.98 Å². The number of hydrogen-bond acceptors (Lipinski definition) is 4. The van der Waals surface area contributed by atoms with Crippen LogP contribution in [-0.4, -0.2) is 23.4 Å². The fraction of sp³-hybridized carbons (Fsp3) is 0.500. The number of nitrogens with two attached hydrogens (primary N) is 1. The minimum Gasteiger partial charge on any atom is -0.495 e. The number of Topliss-reactive ketones (excluding diaryl/α,β-unsaturated/α-hetero) is 1. The molecule has 0 saturated heterocycles. The van der Waals surface area contributed by atoms with Gasteiger partial charge in [0, 0.05) is 11.8 Å². The minimum atomic E-state index is -0.686. The summed E-state index contributed by atoms with van der Waals surface area (Å²) in [5.74, 6) is 0.573. The van der Waals surface area contributed by atoms with Crippen LogP contribution in [0.3, 0.4) is 0 Å². The van der Waals surface area contributed by atoms with E-state index in [1.807, 2.05) is 0 Å². The van der Waals surface area contributed by atoms with Gasteiger partial charge >= 0.3 is 0 Å². The van der Waals surface area contributed by atoms with E-state index < -0.39 is 5.54 Å². The van der Waals surface area contributed by atoms with E-state index >= 15 is 0 Å². The normalized spacial score (nSPS) is 18.4. The summed E-state index contributed by atoms with van der Waals surface area (Å²) in [6, 6.07) is 1.70. The smallest absolute Gasteiger partial charge is 0.184 e. The molecule has 1 fully saturated rings. The zero-order valence-electron chi connectivity index (χ0n) is 9.40. The Morgan fingerprint density at radius 1 is 1.44 bits per heavy atom. The number of ketones is 1. The van der Waals surface area contributed by atoms with Crippen LogP contribution in [-0.2, 0) is 0 Å². The second kappa shape index (κ2) is 4.22. The summed E-state index contributed by atoms with van der Waals surface area (Å²) >= 11 is 0. The summed E-state index contributed by atoms with van der Waals surface area (Å²) in [6.07, 6.45) is 6.72. The first-order valence-corrected chi connectivity index (χ1v) is 5.48. The quantitative estimate of drug-likeness (QED) is 0.785. The molecule has 4 nitrogen and oxygen atoms in total. The second-order valence-corrected chi connectivity index (χ2v) is 4.31. The molecule has 2 rings (SSSR count). The zero-order valence-corrected chi connectivity index (χ0v) is 9.40. The monoisotopic (exact) mass is 220 g/mol. The Bertz CT molecular complexity index is 398. The molecule has 4 heteroatoms. The van der Waals surface area contributed by atoms with Crippen LogP contribution in [0.2, 0.25) is 0 Å². The van der Waals surface area contributed by atoms with Gasteiger partial charge in [-0.05, 0) is 18.9 Å². The van der Waals surface area contributed by atoms with Gasteiger partial charge in [-0.15, -0.1) is 0 Å². The average molecular weight is 220 g/mol. The van der Waals surface area contributed by atoms with Crippen LogP contribution in [0.15, 0.2) is 18.5 Å². The third kappa shape index (κ3) is 1.93. The van der Waals surface area contributed by atoms with E-state index in [-0.39, 0.29) is 5.78 Å². The van der Waals surface area contributed by atoms with Gasteiger partial charge in [0.2, 0.25) is 0 Å². The van der Waals surface area contributed by atoms with Crippen molar-refractivity contribution in [2.24, 2.45) is 5.73 Å². The third-order valence-corrected chi connectivity index (χ3v) is 3.16. The Kier molecular flexibility index (Phi) is 2.92. The fourth-order valence-corrected chi connectivity index (χ4v) is 2.18. The molecular formula is C12H16N2O2. The summed E-state index contributed by atoms with van der Waals surface area (Å²) in [7, 11) is 1.55. The summed E-state index contributed by atoms with van der Waals surface area (Å²) in [5.41, 5.74) is 5.97. The van der Waals surface area contributed by atoms with E-state index in [1.165, 1.54) is 0 Å². The van der Waals surface area contributed by atoms with Gasteiger partial charge in [-0.25, -0.2) is 0 Å². The zero-order chi connectivity index (χ0) is 11.6. The average Bonchev–Trinajstić information content (AvgIpc) is 2.76. The summed E-state index contributed by atoms with van der Waals surface area (Å²) in [6.45, 7) is 0. The molecule has 0 amide bonds. The maximum atomic E-state index is 12.2. The number of carbonyl (C=O) groups excluding carboxylic acids is 1. The highest BCUT2D eigenvalue weighted by atomic mass is 16.5. The maximum absolute atomic E-state index is 12.2. The minimum absolute atomic E-state index is 0.0172. The van der Waals surface area contributed by atoms with Gasteiger partial charge in [0.15, 0.2) is 5.78 Å². The van der Waals surface area contributed by atoms with Crippen molar-refractivity contribution in [2.75, 3.05) is 7.11 Å². The molecule has 1 aliphatic carbocycles. The van der Waals surface area contributed by atoms with E-state index in [9.17, 15) is 4.79 Å². The Labute approximate surface area is 94.8 Å². The molecule has 86 valence electrons. The Hall–Kier alpha value is -1.42. The number of pyridine rings is 1. The number of nitrogens with zero attached hydrogens (tertiary/aromatic N) is 1. The largest absolute Gasteiger partial charge is 0.495 e. The van der Waals surface area contributed by atoms with Crippen molar-refractivity contribution in [2.45, 2.75) is 31.2 Å². The van der Waals surface area contributed by atoms with E-state index in [1.54, 1.807) is 25.6 Å². The molecule has 16 heavy (non-hydrogen) atoms. The van der Waals surface area contributed by atoms with Crippen LogP contribution in [0.25, 0.3) is 0 Å². The Balaban J connectivity index is 2.26. The van der Waals surface area contributed by atoms with Crippen LogP contribution in [0.4, 0.5) is 0 Å². The van der Waals surface area contributed by atoms with Crippen molar-refractivity contribution < 1.29 is 9.53 Å². The summed E-state index contributed by atoms with van der Waals surface area (Å²) in [4.78, 5) is 16.2. The highest BCUT2D eigenvalue weighted by molar-refractivity contribution is 6.03. The van der Waals surface area contributed by atoms with E-state index in [4.69, 9.17) is 10.5 Å². The van der Waals surface area contributed by atoms with Gasteiger partial charge in [-0.2, -0.15) is 0 Å². The Morgan fingerprint density at radius 2 is 2.12 bits per heavy atom. The second-order valence-electron chi connectivity index (χ2n) is 4.31. The third-order valence-electron chi connectivity index (χ3n) is 3.16. The highest BCUT2D eigenvalue weighted by Crippen LogP contribution is 2.30. The molecule has 0 atom stereocenters. The van der Waals surface area contributed by atoms with Crippen LogP contribution >= 0.6 is 0 Å². The first-order valence-electron chi connectivity index (χ1n) is 5.48. The first kappa shape index (κ1) is 11.1. The van der Waals surface area contributed by atoms with Crippen LogP contribution in [0.1, 0.15) is 36.0 Å². The molecule has 0 aromatic carbocycles. The molecule has 0 unspecified atom stereocenters. The van der Waals surface area contributed by atoms with Crippen LogP contribution in [0, 0.1) is 0 Å². The topological polar surface area (TPSA) is 65.2 Å². The molecule has 0 spiro atoms. The van der Waals surface area contributed by atoms with Crippen molar-refractivity contribution in [3.05, 3.63) is 24.0 Å². The van der Waals surface area contributed by atoms with Gasteiger partial charge in [0.25, 0.3) is 0 Å². The first-order chi connectivity index (χ1) is 7.65. The Morgan fingerprint density at radius 3 is 2.75 bits per heavy atom. The van der Waals surface area contributed by atoms with Crippen molar-refractivity contribution in [1.82, 2.24) is 4.98 Å². The van der Waals surface area contributed by atoms with Crippen LogP contribution in [0.5, 0.6) is 5.75 Å². The van der Waals surface area contributed by atoms with Crippen molar-refractivity contribution >= 4 is 5.78 Å². The fourth-order valence-electron chi connectivity index (χ4n) is 2.18. The molecule has 0 aliphatic heterocycles. The van der Waals surface area contributed by atoms with E-state index in [0.29, 0.717) is 11.3 Å². The number of rotatable bonds is 3. The molecule has 0 bridgehead atoms. The predicted octanol–water partition coefficient (Wildman–Crippen LogP) is 1.54.